The lowest BCUT2D eigenvalue weighted by Gasteiger charge is -2.23. The number of hydrogen-bond acceptors (Lipinski definition) is 2. The Kier molecular flexibility index (Phi) is 4.43. The van der Waals surface area contributed by atoms with Crippen molar-refractivity contribution < 1.29 is 4.79 Å². The van der Waals surface area contributed by atoms with Crippen molar-refractivity contribution in [3.8, 4) is 0 Å². The van der Waals surface area contributed by atoms with Crippen molar-refractivity contribution in [2.45, 2.75) is 52.0 Å². The monoisotopic (exact) mass is 238 g/mol. The Balaban J connectivity index is 1.72. The topological polar surface area (TPSA) is 32.3 Å². The molecule has 17 heavy (non-hydrogen) atoms. The first-order valence-electron chi connectivity index (χ1n) is 7.20. The second kappa shape index (κ2) is 5.85. The van der Waals surface area contributed by atoms with E-state index in [1.54, 1.807) is 0 Å². The summed E-state index contributed by atoms with van der Waals surface area (Å²) < 4.78 is 0. The van der Waals surface area contributed by atoms with Gasteiger partial charge in [-0.15, -0.1) is 0 Å². The summed E-state index contributed by atoms with van der Waals surface area (Å²) in [6.07, 6.45) is 6.41. The van der Waals surface area contributed by atoms with E-state index >= 15 is 0 Å². The van der Waals surface area contributed by atoms with Crippen molar-refractivity contribution in [3.63, 3.8) is 0 Å². The number of amides is 1. The lowest BCUT2D eigenvalue weighted by Crippen LogP contribution is -2.45. The number of hydrogen-bond donors (Lipinski definition) is 1. The van der Waals surface area contributed by atoms with Gasteiger partial charge in [-0.3, -0.25) is 4.79 Å². The Bertz CT molecular complexity index is 261. The fourth-order valence-corrected chi connectivity index (χ4v) is 3.15. The molecular formula is C14H26N2O. The van der Waals surface area contributed by atoms with Crippen LogP contribution in [0.15, 0.2) is 0 Å². The van der Waals surface area contributed by atoms with E-state index < -0.39 is 0 Å². The van der Waals surface area contributed by atoms with Crippen molar-refractivity contribution in [2.24, 2.45) is 11.8 Å². The molecule has 1 heterocycles. The summed E-state index contributed by atoms with van der Waals surface area (Å²) in [5, 5.41) is 3.44. The molecule has 98 valence electrons. The summed E-state index contributed by atoms with van der Waals surface area (Å²) >= 11 is 0. The second-order valence-electron chi connectivity index (χ2n) is 5.83. The highest BCUT2D eigenvalue weighted by atomic mass is 16.2. The number of carbonyl (C=O) groups excluding carboxylic acids is 1. The quantitative estimate of drug-likeness (QED) is 0.812. The molecule has 1 aliphatic carbocycles. The minimum Gasteiger partial charge on any atom is -0.341 e. The lowest BCUT2D eigenvalue weighted by atomic mass is 9.98. The molecule has 1 saturated carbocycles. The molecule has 1 N–H and O–H groups in total. The van der Waals surface area contributed by atoms with Gasteiger partial charge in [-0.1, -0.05) is 19.8 Å². The van der Waals surface area contributed by atoms with Crippen LogP contribution < -0.4 is 5.32 Å². The average molecular weight is 238 g/mol. The zero-order valence-corrected chi connectivity index (χ0v) is 11.2. The fourth-order valence-electron chi connectivity index (χ4n) is 3.15. The molecule has 0 bridgehead atoms. The minimum absolute atomic E-state index is 0.000833. The summed E-state index contributed by atoms with van der Waals surface area (Å²) in [6.45, 7) is 7.30. The molecule has 1 aliphatic heterocycles. The van der Waals surface area contributed by atoms with Gasteiger partial charge in [-0.05, 0) is 44.6 Å². The first kappa shape index (κ1) is 12.9. The van der Waals surface area contributed by atoms with Crippen molar-refractivity contribution >= 4 is 5.91 Å². The van der Waals surface area contributed by atoms with Crippen LogP contribution in [0.5, 0.6) is 0 Å². The van der Waals surface area contributed by atoms with Crippen LogP contribution in [0.3, 0.4) is 0 Å². The van der Waals surface area contributed by atoms with E-state index in [-0.39, 0.29) is 6.04 Å². The highest BCUT2D eigenvalue weighted by Crippen LogP contribution is 2.30. The van der Waals surface area contributed by atoms with E-state index in [0.29, 0.717) is 5.91 Å². The highest BCUT2D eigenvalue weighted by Gasteiger charge is 2.26. The predicted octanol–water partition coefficient (Wildman–Crippen LogP) is 2.02. The number of carbonyl (C=O) groups is 1. The zero-order chi connectivity index (χ0) is 12.3. The van der Waals surface area contributed by atoms with Crippen LogP contribution in [0.4, 0.5) is 0 Å². The average Bonchev–Trinajstić information content (AvgIpc) is 2.96. The van der Waals surface area contributed by atoms with Gasteiger partial charge in [0.25, 0.3) is 0 Å². The number of nitrogens with one attached hydrogen (secondary N) is 1. The highest BCUT2D eigenvalue weighted by molar-refractivity contribution is 5.81. The molecule has 2 rings (SSSR count). The van der Waals surface area contributed by atoms with E-state index in [1.807, 2.05) is 11.8 Å². The maximum absolute atomic E-state index is 12.1. The van der Waals surface area contributed by atoms with E-state index in [9.17, 15) is 4.79 Å². The molecule has 0 aromatic heterocycles. The third-order valence-electron chi connectivity index (χ3n) is 4.51. The molecule has 3 nitrogen and oxygen atoms in total. The maximum Gasteiger partial charge on any atom is 0.239 e. The molecule has 1 saturated heterocycles. The summed E-state index contributed by atoms with van der Waals surface area (Å²) in [4.78, 5) is 14.1. The van der Waals surface area contributed by atoms with Gasteiger partial charge >= 0.3 is 0 Å². The van der Waals surface area contributed by atoms with Crippen molar-refractivity contribution in [2.75, 3.05) is 19.6 Å². The molecule has 0 aromatic rings. The maximum atomic E-state index is 12.1. The van der Waals surface area contributed by atoms with Gasteiger partial charge < -0.3 is 10.2 Å². The summed E-state index contributed by atoms with van der Waals surface area (Å²) in [5.41, 5.74) is 0. The van der Waals surface area contributed by atoms with Gasteiger partial charge in [0.2, 0.25) is 5.91 Å². The minimum atomic E-state index is 0.000833. The largest absolute Gasteiger partial charge is 0.341 e. The van der Waals surface area contributed by atoms with Crippen molar-refractivity contribution in [1.29, 1.82) is 0 Å². The van der Waals surface area contributed by atoms with Gasteiger partial charge in [0.1, 0.15) is 0 Å². The second-order valence-corrected chi connectivity index (χ2v) is 5.83. The van der Waals surface area contributed by atoms with Crippen LogP contribution >= 0.6 is 0 Å². The number of likely N-dealkylation sites (tertiary alicyclic amines) is 1. The Morgan fingerprint density at radius 1 is 1.29 bits per heavy atom. The van der Waals surface area contributed by atoms with E-state index in [2.05, 4.69) is 12.2 Å². The SMILES string of the molecule is CC(NCC1CCCC1C)C(=O)N1CCCC1. The van der Waals surface area contributed by atoms with Crippen LogP contribution in [0, 0.1) is 11.8 Å². The van der Waals surface area contributed by atoms with Gasteiger partial charge in [0, 0.05) is 13.1 Å². The Labute approximate surface area is 105 Å². The molecule has 0 aromatic carbocycles. The first-order chi connectivity index (χ1) is 8.18. The van der Waals surface area contributed by atoms with Crippen molar-refractivity contribution in [3.05, 3.63) is 0 Å². The third-order valence-corrected chi connectivity index (χ3v) is 4.51. The molecule has 3 unspecified atom stereocenters. The molecule has 1 amide bonds. The van der Waals surface area contributed by atoms with Gasteiger partial charge in [0.05, 0.1) is 6.04 Å². The molecular weight excluding hydrogens is 212 g/mol. The molecule has 2 aliphatic rings. The lowest BCUT2D eigenvalue weighted by molar-refractivity contribution is -0.132. The van der Waals surface area contributed by atoms with Crippen molar-refractivity contribution in [1.82, 2.24) is 10.2 Å². The summed E-state index contributed by atoms with van der Waals surface area (Å²) in [6, 6.07) is 0.000833. The zero-order valence-electron chi connectivity index (χ0n) is 11.2. The van der Waals surface area contributed by atoms with Crippen LogP contribution in [0.2, 0.25) is 0 Å². The van der Waals surface area contributed by atoms with E-state index in [1.165, 1.54) is 32.1 Å². The van der Waals surface area contributed by atoms with E-state index in [4.69, 9.17) is 0 Å². The molecule has 3 atom stereocenters. The number of rotatable bonds is 4. The Morgan fingerprint density at radius 2 is 2.00 bits per heavy atom. The van der Waals surface area contributed by atoms with E-state index in [0.717, 1.165) is 31.5 Å². The predicted molar refractivity (Wildman–Crippen MR) is 69.8 cm³/mol. The standard InChI is InChI=1S/C14H26N2O/c1-11-6-5-7-13(11)10-15-12(2)14(17)16-8-3-4-9-16/h11-13,15H,3-10H2,1-2H3. The first-order valence-corrected chi connectivity index (χ1v) is 7.20. The van der Waals surface area contributed by atoms with Crippen LogP contribution in [0.1, 0.15) is 46.0 Å². The van der Waals surface area contributed by atoms with Crippen LogP contribution in [-0.4, -0.2) is 36.5 Å². The van der Waals surface area contributed by atoms with Gasteiger partial charge in [0.15, 0.2) is 0 Å². The Hall–Kier alpha value is -0.570. The fraction of sp³-hybridized carbons (Fsp3) is 0.929. The van der Waals surface area contributed by atoms with Crippen LogP contribution in [-0.2, 0) is 4.79 Å². The summed E-state index contributed by atoms with van der Waals surface area (Å²) in [5.74, 6) is 1.91. The number of nitrogens with zero attached hydrogens (tertiary/aromatic N) is 1. The van der Waals surface area contributed by atoms with Gasteiger partial charge in [-0.2, -0.15) is 0 Å². The van der Waals surface area contributed by atoms with Crippen LogP contribution in [0.25, 0.3) is 0 Å². The van der Waals surface area contributed by atoms with Gasteiger partial charge in [-0.25, -0.2) is 0 Å². The third kappa shape index (κ3) is 3.21. The molecule has 3 heteroatoms. The molecule has 0 radical (unpaired) electrons. The normalized spacial score (nSPS) is 30.8. The smallest absolute Gasteiger partial charge is 0.239 e. The Morgan fingerprint density at radius 3 is 2.59 bits per heavy atom. The molecule has 0 spiro atoms. The molecule has 2 fully saturated rings. The summed E-state index contributed by atoms with van der Waals surface area (Å²) in [7, 11) is 0.